The first-order chi connectivity index (χ1) is 14.0. The van der Waals surface area contributed by atoms with Crippen molar-refractivity contribution < 1.29 is 14.0 Å². The molecule has 0 aliphatic heterocycles. The van der Waals surface area contributed by atoms with Crippen molar-refractivity contribution in [2.75, 3.05) is 5.32 Å². The highest BCUT2D eigenvalue weighted by Gasteiger charge is 2.12. The van der Waals surface area contributed by atoms with Gasteiger partial charge in [0.1, 0.15) is 6.54 Å². The standard InChI is InChI=1S/C22H20N4O3/c1-3-21-24-25-22(29-21)17-8-7-15-9-10-26(19(15)12-17)13-20(28)23-18-6-4-5-16(11-18)14(2)27/h4-12H,3,13H2,1-2H3,(H,23,28). The van der Waals surface area contributed by atoms with E-state index in [1.165, 1.54) is 6.92 Å². The Balaban J connectivity index is 1.56. The van der Waals surface area contributed by atoms with Gasteiger partial charge in [-0.2, -0.15) is 0 Å². The number of nitrogens with zero attached hydrogens (tertiary/aromatic N) is 3. The maximum Gasteiger partial charge on any atom is 0.247 e. The smallest absolute Gasteiger partial charge is 0.247 e. The van der Waals surface area contributed by atoms with Gasteiger partial charge in [0.2, 0.25) is 17.7 Å². The van der Waals surface area contributed by atoms with Gasteiger partial charge in [0.25, 0.3) is 0 Å². The lowest BCUT2D eigenvalue weighted by atomic mass is 10.1. The van der Waals surface area contributed by atoms with E-state index in [4.69, 9.17) is 4.42 Å². The Hall–Kier alpha value is -3.74. The second-order valence-electron chi connectivity index (χ2n) is 6.76. The Kier molecular flexibility index (Phi) is 4.95. The lowest BCUT2D eigenvalue weighted by molar-refractivity contribution is -0.116. The predicted octanol–water partition coefficient (Wildman–Crippen LogP) is 4.10. The average molecular weight is 388 g/mol. The summed E-state index contributed by atoms with van der Waals surface area (Å²) in [5.74, 6) is 0.821. The first-order valence-corrected chi connectivity index (χ1v) is 9.36. The van der Waals surface area contributed by atoms with Crippen LogP contribution in [-0.4, -0.2) is 26.5 Å². The van der Waals surface area contributed by atoms with Crippen LogP contribution in [0.5, 0.6) is 0 Å². The van der Waals surface area contributed by atoms with Crippen LogP contribution < -0.4 is 5.32 Å². The molecule has 146 valence electrons. The predicted molar refractivity (Wildman–Crippen MR) is 110 cm³/mol. The van der Waals surface area contributed by atoms with Gasteiger partial charge in [0.05, 0.1) is 0 Å². The molecule has 0 radical (unpaired) electrons. The maximum absolute atomic E-state index is 12.5. The van der Waals surface area contributed by atoms with Crippen molar-refractivity contribution >= 4 is 28.3 Å². The number of anilines is 1. The molecule has 0 aliphatic rings. The Morgan fingerprint density at radius 2 is 1.97 bits per heavy atom. The number of amides is 1. The van der Waals surface area contributed by atoms with E-state index in [0.717, 1.165) is 16.5 Å². The monoisotopic (exact) mass is 388 g/mol. The van der Waals surface area contributed by atoms with Crippen LogP contribution in [0, 0.1) is 0 Å². The summed E-state index contributed by atoms with van der Waals surface area (Å²) in [6.07, 6.45) is 2.54. The number of hydrogen-bond acceptors (Lipinski definition) is 5. The SMILES string of the molecule is CCc1nnc(-c2ccc3ccn(CC(=O)Nc4cccc(C(C)=O)c4)c3c2)o1. The Labute approximate surface area is 167 Å². The number of aromatic nitrogens is 3. The molecule has 0 atom stereocenters. The molecular formula is C22H20N4O3. The van der Waals surface area contributed by atoms with Crippen LogP contribution in [-0.2, 0) is 17.8 Å². The Morgan fingerprint density at radius 1 is 1.10 bits per heavy atom. The van der Waals surface area contributed by atoms with Crippen molar-refractivity contribution in [1.29, 1.82) is 0 Å². The zero-order valence-electron chi connectivity index (χ0n) is 16.2. The summed E-state index contributed by atoms with van der Waals surface area (Å²) < 4.78 is 7.50. The molecule has 0 saturated heterocycles. The largest absolute Gasteiger partial charge is 0.421 e. The fraction of sp³-hybridized carbons (Fsp3) is 0.182. The molecule has 7 heteroatoms. The van der Waals surface area contributed by atoms with E-state index in [9.17, 15) is 9.59 Å². The van der Waals surface area contributed by atoms with Crippen LogP contribution in [0.15, 0.2) is 59.1 Å². The van der Waals surface area contributed by atoms with E-state index in [0.29, 0.717) is 29.5 Å². The summed E-state index contributed by atoms with van der Waals surface area (Å²) in [4.78, 5) is 24.1. The van der Waals surface area contributed by atoms with Crippen molar-refractivity contribution in [2.24, 2.45) is 0 Å². The van der Waals surface area contributed by atoms with E-state index < -0.39 is 0 Å². The first-order valence-electron chi connectivity index (χ1n) is 9.36. The van der Waals surface area contributed by atoms with Gasteiger partial charge in [-0.15, -0.1) is 10.2 Å². The molecule has 0 aliphatic carbocycles. The number of fused-ring (bicyclic) bond motifs is 1. The molecule has 7 nitrogen and oxygen atoms in total. The van der Waals surface area contributed by atoms with E-state index in [2.05, 4.69) is 15.5 Å². The molecule has 29 heavy (non-hydrogen) atoms. The number of carbonyl (C=O) groups excluding carboxylic acids is 2. The van der Waals surface area contributed by atoms with E-state index in [1.54, 1.807) is 24.3 Å². The second-order valence-corrected chi connectivity index (χ2v) is 6.76. The van der Waals surface area contributed by atoms with Crippen molar-refractivity contribution in [2.45, 2.75) is 26.8 Å². The fourth-order valence-electron chi connectivity index (χ4n) is 3.14. The summed E-state index contributed by atoms with van der Waals surface area (Å²) in [7, 11) is 0. The molecule has 0 unspecified atom stereocenters. The number of hydrogen-bond donors (Lipinski definition) is 1. The van der Waals surface area contributed by atoms with E-state index in [1.807, 2.05) is 42.0 Å². The quantitative estimate of drug-likeness (QED) is 0.502. The van der Waals surface area contributed by atoms with Crippen LogP contribution in [0.25, 0.3) is 22.4 Å². The minimum atomic E-state index is -0.181. The summed E-state index contributed by atoms with van der Waals surface area (Å²) in [5, 5.41) is 11.9. The Bertz CT molecular complexity index is 1210. The summed E-state index contributed by atoms with van der Waals surface area (Å²) >= 11 is 0. The van der Waals surface area contributed by atoms with Crippen molar-refractivity contribution in [1.82, 2.24) is 14.8 Å². The highest BCUT2D eigenvalue weighted by Crippen LogP contribution is 2.25. The lowest BCUT2D eigenvalue weighted by Crippen LogP contribution is -2.18. The highest BCUT2D eigenvalue weighted by atomic mass is 16.4. The number of rotatable bonds is 6. The zero-order chi connectivity index (χ0) is 20.4. The average Bonchev–Trinajstić information content (AvgIpc) is 3.35. The van der Waals surface area contributed by atoms with Gasteiger partial charge in [-0.3, -0.25) is 9.59 Å². The molecule has 0 fully saturated rings. The molecular weight excluding hydrogens is 368 g/mol. The zero-order valence-corrected chi connectivity index (χ0v) is 16.2. The molecule has 1 N–H and O–H groups in total. The number of aryl methyl sites for hydroxylation is 1. The van der Waals surface area contributed by atoms with Gasteiger partial charge in [-0.1, -0.05) is 25.1 Å². The van der Waals surface area contributed by atoms with Crippen LogP contribution in [0.4, 0.5) is 5.69 Å². The summed E-state index contributed by atoms with van der Waals surface area (Å²) in [6, 6.07) is 14.7. The van der Waals surface area contributed by atoms with Gasteiger partial charge in [0.15, 0.2) is 5.78 Å². The number of carbonyl (C=O) groups is 2. The fourth-order valence-corrected chi connectivity index (χ4v) is 3.14. The third-order valence-electron chi connectivity index (χ3n) is 4.66. The molecule has 0 spiro atoms. The van der Waals surface area contributed by atoms with Gasteiger partial charge in [0, 0.05) is 34.9 Å². The number of ketones is 1. The van der Waals surface area contributed by atoms with Crippen molar-refractivity contribution in [3.8, 4) is 11.5 Å². The molecule has 0 saturated carbocycles. The lowest BCUT2D eigenvalue weighted by Gasteiger charge is -2.09. The van der Waals surface area contributed by atoms with Crippen molar-refractivity contribution in [3.05, 3.63) is 66.2 Å². The maximum atomic E-state index is 12.5. The van der Waals surface area contributed by atoms with Gasteiger partial charge in [-0.25, -0.2) is 0 Å². The molecule has 0 bridgehead atoms. The number of benzene rings is 2. The van der Waals surface area contributed by atoms with E-state index >= 15 is 0 Å². The molecule has 2 heterocycles. The number of nitrogens with one attached hydrogen (secondary N) is 1. The third-order valence-corrected chi connectivity index (χ3v) is 4.66. The normalized spacial score (nSPS) is 11.0. The molecule has 2 aromatic heterocycles. The number of Topliss-reactive ketones (excluding diaryl/α,β-unsaturated/α-hetero) is 1. The molecule has 1 amide bonds. The summed E-state index contributed by atoms with van der Waals surface area (Å²) in [6.45, 7) is 3.59. The van der Waals surface area contributed by atoms with Crippen LogP contribution in [0.1, 0.15) is 30.1 Å². The van der Waals surface area contributed by atoms with E-state index in [-0.39, 0.29) is 18.2 Å². The third kappa shape index (κ3) is 3.94. The second kappa shape index (κ2) is 7.71. The topological polar surface area (TPSA) is 90.0 Å². The van der Waals surface area contributed by atoms with Gasteiger partial charge < -0.3 is 14.3 Å². The van der Waals surface area contributed by atoms with Gasteiger partial charge >= 0.3 is 0 Å². The molecule has 4 rings (SSSR count). The highest BCUT2D eigenvalue weighted by molar-refractivity contribution is 5.97. The van der Waals surface area contributed by atoms with Crippen LogP contribution in [0.3, 0.4) is 0 Å². The Morgan fingerprint density at radius 3 is 2.72 bits per heavy atom. The van der Waals surface area contributed by atoms with Crippen LogP contribution >= 0.6 is 0 Å². The first kappa shape index (κ1) is 18.6. The van der Waals surface area contributed by atoms with Crippen molar-refractivity contribution in [3.63, 3.8) is 0 Å². The molecule has 2 aromatic carbocycles. The molecule has 4 aromatic rings. The summed E-state index contributed by atoms with van der Waals surface area (Å²) in [5.41, 5.74) is 2.85. The van der Waals surface area contributed by atoms with Gasteiger partial charge in [-0.05, 0) is 42.6 Å². The van der Waals surface area contributed by atoms with Crippen LogP contribution in [0.2, 0.25) is 0 Å². The minimum absolute atomic E-state index is 0.0442. The minimum Gasteiger partial charge on any atom is -0.421 e.